The molecule has 0 radical (unpaired) electrons. The zero-order chi connectivity index (χ0) is 11.9. The molecule has 0 saturated carbocycles. The summed E-state index contributed by atoms with van der Waals surface area (Å²) in [5, 5.41) is 9.23. The largest absolute Gasteiger partial charge is 0.396 e. The van der Waals surface area contributed by atoms with Gasteiger partial charge in [-0.15, -0.1) is 13.2 Å². The highest BCUT2D eigenvalue weighted by molar-refractivity contribution is 5.06. The van der Waals surface area contributed by atoms with Crippen molar-refractivity contribution in [1.29, 1.82) is 0 Å². The number of hydrogen-bond acceptors (Lipinski definition) is 1. The molecule has 0 aliphatic carbocycles. The van der Waals surface area contributed by atoms with Crippen LogP contribution in [-0.4, -0.2) is 11.7 Å². The Hall–Kier alpha value is -0.820. The van der Waals surface area contributed by atoms with Crippen LogP contribution in [0, 0.1) is 11.3 Å². The maximum absolute atomic E-state index is 9.23. The first kappa shape index (κ1) is 14.2. The van der Waals surface area contributed by atoms with Crippen LogP contribution in [-0.2, 0) is 0 Å². The van der Waals surface area contributed by atoms with E-state index in [9.17, 15) is 5.11 Å². The van der Waals surface area contributed by atoms with Crippen molar-refractivity contribution >= 4 is 0 Å². The summed E-state index contributed by atoms with van der Waals surface area (Å²) in [5.41, 5.74) is 1.30. The molecule has 0 spiro atoms. The molecule has 0 fully saturated rings. The standard InChI is InChI=1S/C14H24O/c1-6-8-13(11-15)12(3)10-14(4,5)9-7-2/h6-7,13,15H,1-3,8-11H2,4-5H3. The molecule has 0 aliphatic heterocycles. The molecule has 0 aromatic rings. The van der Waals surface area contributed by atoms with E-state index in [4.69, 9.17) is 0 Å². The van der Waals surface area contributed by atoms with Crippen LogP contribution in [0.2, 0.25) is 0 Å². The van der Waals surface area contributed by atoms with E-state index in [0.29, 0.717) is 0 Å². The van der Waals surface area contributed by atoms with Crippen molar-refractivity contribution in [1.82, 2.24) is 0 Å². The molecule has 1 unspecified atom stereocenters. The van der Waals surface area contributed by atoms with E-state index in [-0.39, 0.29) is 17.9 Å². The zero-order valence-corrected chi connectivity index (χ0v) is 10.1. The second kappa shape index (κ2) is 6.62. The van der Waals surface area contributed by atoms with Crippen molar-refractivity contribution in [2.45, 2.75) is 33.1 Å². The Morgan fingerprint density at radius 2 is 1.93 bits per heavy atom. The van der Waals surface area contributed by atoms with E-state index in [1.54, 1.807) is 0 Å². The van der Waals surface area contributed by atoms with E-state index < -0.39 is 0 Å². The number of aliphatic hydroxyl groups is 1. The first-order chi connectivity index (χ1) is 6.96. The smallest absolute Gasteiger partial charge is 0.0499 e. The van der Waals surface area contributed by atoms with E-state index in [2.05, 4.69) is 33.6 Å². The lowest BCUT2D eigenvalue weighted by Crippen LogP contribution is -2.16. The summed E-state index contributed by atoms with van der Waals surface area (Å²) in [5.74, 6) is 0.159. The molecule has 0 aromatic carbocycles. The third-order valence-corrected chi connectivity index (χ3v) is 2.65. The molecule has 1 atom stereocenters. The lowest BCUT2D eigenvalue weighted by atomic mass is 9.79. The van der Waals surface area contributed by atoms with Gasteiger partial charge in [-0.25, -0.2) is 0 Å². The molecule has 0 aliphatic rings. The molecular weight excluding hydrogens is 184 g/mol. The van der Waals surface area contributed by atoms with Gasteiger partial charge in [-0.05, 0) is 24.7 Å². The van der Waals surface area contributed by atoms with E-state index >= 15 is 0 Å². The van der Waals surface area contributed by atoms with Crippen LogP contribution in [0.4, 0.5) is 0 Å². The normalized spacial score (nSPS) is 13.3. The van der Waals surface area contributed by atoms with Gasteiger partial charge in [0.1, 0.15) is 0 Å². The molecule has 0 amide bonds. The molecule has 1 N–H and O–H groups in total. The van der Waals surface area contributed by atoms with Gasteiger partial charge in [-0.3, -0.25) is 0 Å². The average Bonchev–Trinajstić information content (AvgIpc) is 2.12. The highest BCUT2D eigenvalue weighted by atomic mass is 16.3. The Balaban J connectivity index is 4.31. The van der Waals surface area contributed by atoms with Crippen LogP contribution in [0.5, 0.6) is 0 Å². The van der Waals surface area contributed by atoms with Gasteiger partial charge in [-0.2, -0.15) is 0 Å². The van der Waals surface area contributed by atoms with E-state index in [0.717, 1.165) is 24.8 Å². The Bertz CT molecular complexity index is 225. The second-order valence-corrected chi connectivity index (χ2v) is 4.90. The molecular formula is C14H24O. The summed E-state index contributed by atoms with van der Waals surface area (Å²) >= 11 is 0. The van der Waals surface area contributed by atoms with Crippen molar-refractivity contribution in [2.75, 3.05) is 6.61 Å². The summed E-state index contributed by atoms with van der Waals surface area (Å²) in [6.45, 7) is 16.1. The number of rotatable bonds is 8. The molecule has 0 aromatic heterocycles. The quantitative estimate of drug-likeness (QED) is 0.603. The minimum Gasteiger partial charge on any atom is -0.396 e. The second-order valence-electron chi connectivity index (χ2n) is 4.90. The average molecular weight is 208 g/mol. The van der Waals surface area contributed by atoms with Crippen molar-refractivity contribution in [3.05, 3.63) is 37.5 Å². The number of allylic oxidation sites excluding steroid dienone is 2. The topological polar surface area (TPSA) is 20.2 Å². The molecule has 1 heteroatoms. The van der Waals surface area contributed by atoms with E-state index in [1.165, 1.54) is 0 Å². The fraction of sp³-hybridized carbons (Fsp3) is 0.571. The molecule has 0 saturated heterocycles. The zero-order valence-electron chi connectivity index (χ0n) is 10.1. The van der Waals surface area contributed by atoms with Gasteiger partial charge in [0, 0.05) is 12.5 Å². The predicted octanol–water partition coefficient (Wildman–Crippen LogP) is 3.72. The lowest BCUT2D eigenvalue weighted by molar-refractivity contribution is 0.236. The molecule has 0 bridgehead atoms. The summed E-state index contributed by atoms with van der Waals surface area (Å²) in [6, 6.07) is 0. The minimum absolute atomic E-state index is 0.159. The molecule has 15 heavy (non-hydrogen) atoms. The van der Waals surface area contributed by atoms with Crippen molar-refractivity contribution < 1.29 is 5.11 Å². The van der Waals surface area contributed by atoms with Crippen molar-refractivity contribution in [3.63, 3.8) is 0 Å². The Kier molecular flexibility index (Phi) is 6.26. The third kappa shape index (κ3) is 5.58. The number of aliphatic hydroxyl groups excluding tert-OH is 1. The fourth-order valence-electron chi connectivity index (χ4n) is 1.79. The maximum Gasteiger partial charge on any atom is 0.0499 e. The Morgan fingerprint density at radius 1 is 1.33 bits per heavy atom. The van der Waals surface area contributed by atoms with Gasteiger partial charge in [-0.1, -0.05) is 38.2 Å². The fourth-order valence-corrected chi connectivity index (χ4v) is 1.79. The first-order valence-electron chi connectivity index (χ1n) is 5.47. The Morgan fingerprint density at radius 3 is 2.33 bits per heavy atom. The van der Waals surface area contributed by atoms with Gasteiger partial charge in [0.15, 0.2) is 0 Å². The van der Waals surface area contributed by atoms with Crippen LogP contribution in [0.3, 0.4) is 0 Å². The Labute approximate surface area is 94.2 Å². The molecule has 86 valence electrons. The predicted molar refractivity (Wildman–Crippen MR) is 67.7 cm³/mol. The minimum atomic E-state index is 0.159. The van der Waals surface area contributed by atoms with Gasteiger partial charge in [0.2, 0.25) is 0 Å². The summed E-state index contributed by atoms with van der Waals surface area (Å²) < 4.78 is 0. The third-order valence-electron chi connectivity index (χ3n) is 2.65. The number of hydrogen-bond donors (Lipinski definition) is 1. The summed E-state index contributed by atoms with van der Waals surface area (Å²) in [7, 11) is 0. The van der Waals surface area contributed by atoms with Crippen LogP contribution in [0.25, 0.3) is 0 Å². The van der Waals surface area contributed by atoms with Gasteiger partial charge >= 0.3 is 0 Å². The SMILES string of the molecule is C=CCC(CO)C(=C)CC(C)(C)CC=C. The lowest BCUT2D eigenvalue weighted by Gasteiger charge is -2.27. The van der Waals surface area contributed by atoms with Crippen molar-refractivity contribution in [2.24, 2.45) is 11.3 Å². The maximum atomic E-state index is 9.23. The molecule has 0 rings (SSSR count). The first-order valence-corrected chi connectivity index (χ1v) is 5.47. The van der Waals surface area contributed by atoms with E-state index in [1.807, 2.05) is 12.2 Å². The monoisotopic (exact) mass is 208 g/mol. The van der Waals surface area contributed by atoms with Gasteiger partial charge in [0.25, 0.3) is 0 Å². The van der Waals surface area contributed by atoms with Crippen LogP contribution < -0.4 is 0 Å². The molecule has 1 nitrogen and oxygen atoms in total. The van der Waals surface area contributed by atoms with Gasteiger partial charge < -0.3 is 5.11 Å². The highest BCUT2D eigenvalue weighted by Crippen LogP contribution is 2.32. The van der Waals surface area contributed by atoms with Crippen LogP contribution in [0.1, 0.15) is 33.1 Å². The van der Waals surface area contributed by atoms with Gasteiger partial charge in [0.05, 0.1) is 0 Å². The van der Waals surface area contributed by atoms with Crippen LogP contribution >= 0.6 is 0 Å². The summed E-state index contributed by atoms with van der Waals surface area (Å²) in [4.78, 5) is 0. The molecule has 0 heterocycles. The van der Waals surface area contributed by atoms with Crippen LogP contribution in [0.15, 0.2) is 37.5 Å². The van der Waals surface area contributed by atoms with Crippen molar-refractivity contribution in [3.8, 4) is 0 Å². The highest BCUT2D eigenvalue weighted by Gasteiger charge is 2.20. The summed E-state index contributed by atoms with van der Waals surface area (Å²) in [6.07, 6.45) is 6.48.